The van der Waals surface area contributed by atoms with Crippen LogP contribution in [0.4, 0.5) is 18.9 Å². The molecule has 35 heavy (non-hydrogen) atoms. The molecule has 3 amide bonds. The lowest BCUT2D eigenvalue weighted by Gasteiger charge is -2.31. The smallest absolute Gasteiger partial charge is 0.343 e. The molecule has 6 nitrogen and oxygen atoms in total. The quantitative estimate of drug-likeness (QED) is 0.597. The molecule has 1 fully saturated rings. The summed E-state index contributed by atoms with van der Waals surface area (Å²) >= 11 is 0. The van der Waals surface area contributed by atoms with Gasteiger partial charge in [0.15, 0.2) is 0 Å². The van der Waals surface area contributed by atoms with Crippen molar-refractivity contribution < 1.29 is 27.6 Å². The highest BCUT2D eigenvalue weighted by Gasteiger charge is 2.41. The third kappa shape index (κ3) is 7.56. The second-order valence-corrected chi connectivity index (χ2v) is 8.65. The van der Waals surface area contributed by atoms with Gasteiger partial charge in [-0.05, 0) is 49.4 Å². The van der Waals surface area contributed by atoms with Gasteiger partial charge in [-0.15, -0.1) is 0 Å². The predicted molar refractivity (Wildman–Crippen MR) is 126 cm³/mol. The number of rotatable bonds is 8. The summed E-state index contributed by atoms with van der Waals surface area (Å²) in [7, 11) is 0. The van der Waals surface area contributed by atoms with Crippen LogP contribution in [0.3, 0.4) is 0 Å². The fourth-order valence-electron chi connectivity index (χ4n) is 4.16. The summed E-state index contributed by atoms with van der Waals surface area (Å²) in [5.74, 6) is -2.25. The summed E-state index contributed by atoms with van der Waals surface area (Å²) in [6, 6.07) is 16.3. The molecule has 1 N–H and O–H groups in total. The second kappa shape index (κ2) is 11.9. The van der Waals surface area contributed by atoms with E-state index in [1.807, 2.05) is 30.3 Å². The number of alkyl halides is 3. The van der Waals surface area contributed by atoms with Gasteiger partial charge in [-0.25, -0.2) is 0 Å². The number of carbonyl (C=O) groups excluding carboxylic acids is 3. The molecule has 2 aromatic rings. The van der Waals surface area contributed by atoms with Crippen molar-refractivity contribution in [1.29, 1.82) is 0 Å². The average molecular weight is 490 g/mol. The molecule has 188 valence electrons. The number of hydrogen-bond acceptors (Lipinski definition) is 3. The third-order valence-corrected chi connectivity index (χ3v) is 6.17. The van der Waals surface area contributed by atoms with Gasteiger partial charge in [-0.2, -0.15) is 13.2 Å². The number of nitrogens with zero attached hydrogens (tertiary/aromatic N) is 2. The zero-order valence-corrected chi connectivity index (χ0v) is 19.7. The predicted octanol–water partition coefficient (Wildman–Crippen LogP) is 4.41. The first-order valence-corrected chi connectivity index (χ1v) is 11.7. The molecule has 2 aromatic carbocycles. The lowest BCUT2D eigenvalue weighted by atomic mass is 9.95. The monoisotopic (exact) mass is 489 g/mol. The Labute approximate surface area is 203 Å². The number of aryl methyl sites for hydroxylation is 1. The van der Waals surface area contributed by atoms with E-state index in [2.05, 4.69) is 5.32 Å². The van der Waals surface area contributed by atoms with Crippen molar-refractivity contribution >= 4 is 23.4 Å². The molecule has 0 saturated carbocycles. The van der Waals surface area contributed by atoms with Crippen LogP contribution in [0.2, 0.25) is 0 Å². The van der Waals surface area contributed by atoms with E-state index >= 15 is 0 Å². The molecule has 0 unspecified atom stereocenters. The number of benzene rings is 2. The summed E-state index contributed by atoms with van der Waals surface area (Å²) in [5.41, 5.74) is 2.06. The van der Waals surface area contributed by atoms with E-state index in [1.165, 1.54) is 6.92 Å². The maximum Gasteiger partial charge on any atom is 0.471 e. The van der Waals surface area contributed by atoms with Crippen LogP contribution in [0, 0.1) is 5.92 Å². The van der Waals surface area contributed by atoms with Gasteiger partial charge >= 0.3 is 12.1 Å². The first kappa shape index (κ1) is 26.2. The maximum atomic E-state index is 12.8. The number of anilines is 1. The van der Waals surface area contributed by atoms with E-state index in [9.17, 15) is 27.6 Å². The fourth-order valence-corrected chi connectivity index (χ4v) is 4.16. The van der Waals surface area contributed by atoms with Crippen molar-refractivity contribution in [2.24, 2.45) is 5.92 Å². The molecule has 1 aliphatic rings. The van der Waals surface area contributed by atoms with Gasteiger partial charge in [-0.1, -0.05) is 42.5 Å². The SMILES string of the molecule is CCN(Cc1cccc(NC(=O)C2CCN(C(=O)CCc3ccccc3)CC2)c1)C(=O)C(F)(F)F. The first-order chi connectivity index (χ1) is 16.7. The largest absolute Gasteiger partial charge is 0.471 e. The summed E-state index contributed by atoms with van der Waals surface area (Å²) in [6.07, 6.45) is -2.72. The topological polar surface area (TPSA) is 69.7 Å². The summed E-state index contributed by atoms with van der Waals surface area (Å²) in [4.78, 5) is 39.4. The number of halogens is 3. The Balaban J connectivity index is 1.49. The van der Waals surface area contributed by atoms with Crippen molar-refractivity contribution in [3.8, 4) is 0 Å². The summed E-state index contributed by atoms with van der Waals surface area (Å²) in [5, 5.41) is 2.83. The molecule has 0 bridgehead atoms. The molecule has 0 aliphatic carbocycles. The number of likely N-dealkylation sites (tertiary alicyclic amines) is 1. The Morgan fingerprint density at radius 3 is 2.29 bits per heavy atom. The Morgan fingerprint density at radius 1 is 1.00 bits per heavy atom. The van der Waals surface area contributed by atoms with Gasteiger partial charge in [0.05, 0.1) is 0 Å². The van der Waals surface area contributed by atoms with Gasteiger partial charge in [0.25, 0.3) is 0 Å². The fraction of sp³-hybridized carbons (Fsp3) is 0.423. The van der Waals surface area contributed by atoms with Crippen LogP contribution in [0.25, 0.3) is 0 Å². The van der Waals surface area contributed by atoms with Gasteiger partial charge in [-0.3, -0.25) is 14.4 Å². The van der Waals surface area contributed by atoms with Crippen LogP contribution in [-0.4, -0.2) is 53.3 Å². The van der Waals surface area contributed by atoms with Crippen LogP contribution in [0.15, 0.2) is 54.6 Å². The third-order valence-electron chi connectivity index (χ3n) is 6.17. The van der Waals surface area contributed by atoms with Gasteiger partial charge in [0, 0.05) is 44.2 Å². The van der Waals surface area contributed by atoms with Crippen molar-refractivity contribution in [2.45, 2.75) is 45.3 Å². The molecular weight excluding hydrogens is 459 g/mol. The van der Waals surface area contributed by atoms with E-state index in [1.54, 1.807) is 29.2 Å². The van der Waals surface area contributed by atoms with Crippen molar-refractivity contribution in [2.75, 3.05) is 25.0 Å². The Morgan fingerprint density at radius 2 is 1.66 bits per heavy atom. The number of amides is 3. The van der Waals surface area contributed by atoms with Gasteiger partial charge < -0.3 is 15.1 Å². The maximum absolute atomic E-state index is 12.8. The standard InChI is InChI=1S/C26H30F3N3O3/c1-2-31(25(35)26(27,28)29)18-20-9-6-10-22(17-20)30-24(34)21-13-15-32(16-14-21)23(33)12-11-19-7-4-3-5-8-19/h3-10,17,21H,2,11-16,18H2,1H3,(H,30,34). The minimum Gasteiger partial charge on any atom is -0.343 e. The summed E-state index contributed by atoms with van der Waals surface area (Å²) < 4.78 is 38.3. The number of carbonyl (C=O) groups is 3. The highest BCUT2D eigenvalue weighted by Crippen LogP contribution is 2.23. The molecule has 0 aromatic heterocycles. The van der Waals surface area contributed by atoms with E-state index in [0.29, 0.717) is 54.9 Å². The number of hydrogen-bond donors (Lipinski definition) is 1. The molecule has 0 atom stereocenters. The van der Waals surface area contributed by atoms with Gasteiger partial charge in [0.1, 0.15) is 0 Å². The Hall–Kier alpha value is -3.36. The minimum absolute atomic E-state index is 0.0781. The van der Waals surface area contributed by atoms with Crippen LogP contribution < -0.4 is 5.32 Å². The molecule has 1 aliphatic heterocycles. The lowest BCUT2D eigenvalue weighted by molar-refractivity contribution is -0.185. The van der Waals surface area contributed by atoms with E-state index in [4.69, 9.17) is 0 Å². The molecule has 0 spiro atoms. The molecule has 9 heteroatoms. The molecule has 0 radical (unpaired) electrons. The van der Waals surface area contributed by atoms with Crippen molar-refractivity contribution in [1.82, 2.24) is 9.80 Å². The summed E-state index contributed by atoms with van der Waals surface area (Å²) in [6.45, 7) is 2.21. The van der Waals surface area contributed by atoms with E-state index < -0.39 is 12.1 Å². The van der Waals surface area contributed by atoms with E-state index in [-0.39, 0.29) is 30.8 Å². The molecule has 1 saturated heterocycles. The van der Waals surface area contributed by atoms with Gasteiger partial charge in [0.2, 0.25) is 11.8 Å². The lowest BCUT2D eigenvalue weighted by Crippen LogP contribution is -2.41. The number of nitrogens with one attached hydrogen (secondary N) is 1. The molecule has 3 rings (SSSR count). The minimum atomic E-state index is -4.93. The zero-order valence-electron chi connectivity index (χ0n) is 19.7. The van der Waals surface area contributed by atoms with Crippen LogP contribution in [0.5, 0.6) is 0 Å². The number of piperidine rings is 1. The van der Waals surface area contributed by atoms with Crippen LogP contribution >= 0.6 is 0 Å². The van der Waals surface area contributed by atoms with Crippen LogP contribution in [-0.2, 0) is 27.3 Å². The van der Waals surface area contributed by atoms with Crippen LogP contribution in [0.1, 0.15) is 37.3 Å². The normalized spacial score (nSPS) is 14.5. The molecular formula is C26H30F3N3O3. The highest BCUT2D eigenvalue weighted by molar-refractivity contribution is 5.93. The second-order valence-electron chi connectivity index (χ2n) is 8.65. The highest BCUT2D eigenvalue weighted by atomic mass is 19.4. The Kier molecular flexibility index (Phi) is 8.89. The first-order valence-electron chi connectivity index (χ1n) is 11.7. The Bertz CT molecular complexity index is 1020. The van der Waals surface area contributed by atoms with E-state index in [0.717, 1.165) is 5.56 Å². The molecule has 1 heterocycles. The average Bonchev–Trinajstić information content (AvgIpc) is 2.85. The zero-order chi connectivity index (χ0) is 25.4. The van der Waals surface area contributed by atoms with Crippen molar-refractivity contribution in [3.63, 3.8) is 0 Å². The van der Waals surface area contributed by atoms with Crippen molar-refractivity contribution in [3.05, 3.63) is 65.7 Å².